The van der Waals surface area contributed by atoms with Crippen LogP contribution in [0.5, 0.6) is 5.75 Å². The summed E-state index contributed by atoms with van der Waals surface area (Å²) < 4.78 is 27.3. The van der Waals surface area contributed by atoms with Crippen molar-refractivity contribution in [3.05, 3.63) is 46.8 Å². The standard InChI is InChI=1S/C16H19F2N3O2/c1-9(2)15-5-10(8-22)20-16(21-15)19-4-3-12-13(17)6-11(23)7-14(12)18/h5-7,9,22-23H,3-4,8H2,1-2H3,(H,19,20,21). The Morgan fingerprint density at radius 2 is 1.78 bits per heavy atom. The maximum absolute atomic E-state index is 13.6. The molecule has 23 heavy (non-hydrogen) atoms. The zero-order chi connectivity index (χ0) is 17.0. The molecular weight excluding hydrogens is 304 g/mol. The minimum Gasteiger partial charge on any atom is -0.508 e. The van der Waals surface area contributed by atoms with Crippen LogP contribution in [-0.4, -0.2) is 26.7 Å². The molecule has 0 radical (unpaired) electrons. The molecule has 0 bridgehead atoms. The zero-order valence-electron chi connectivity index (χ0n) is 13.0. The Bertz CT molecular complexity index is 670. The van der Waals surface area contributed by atoms with Crippen LogP contribution in [0.2, 0.25) is 0 Å². The Hall–Kier alpha value is -2.28. The third kappa shape index (κ3) is 4.35. The van der Waals surface area contributed by atoms with Gasteiger partial charge in [-0.1, -0.05) is 13.8 Å². The van der Waals surface area contributed by atoms with Gasteiger partial charge < -0.3 is 15.5 Å². The van der Waals surface area contributed by atoms with Crippen molar-refractivity contribution in [2.24, 2.45) is 0 Å². The summed E-state index contributed by atoms with van der Waals surface area (Å²) in [5.41, 5.74) is 1.14. The Labute approximate surface area is 133 Å². The second kappa shape index (κ2) is 7.32. The fraction of sp³-hybridized carbons (Fsp3) is 0.375. The maximum Gasteiger partial charge on any atom is 0.223 e. The lowest BCUT2D eigenvalue weighted by atomic mass is 10.1. The van der Waals surface area contributed by atoms with Gasteiger partial charge in [-0.2, -0.15) is 0 Å². The molecule has 3 N–H and O–H groups in total. The number of nitrogens with zero attached hydrogens (tertiary/aromatic N) is 2. The topological polar surface area (TPSA) is 78.3 Å². The van der Waals surface area contributed by atoms with Crippen molar-refractivity contribution >= 4 is 5.95 Å². The first-order valence-corrected chi connectivity index (χ1v) is 7.30. The molecule has 7 heteroatoms. The highest BCUT2D eigenvalue weighted by Crippen LogP contribution is 2.20. The molecule has 0 saturated carbocycles. The molecule has 1 heterocycles. The smallest absolute Gasteiger partial charge is 0.223 e. The number of aromatic nitrogens is 2. The lowest BCUT2D eigenvalue weighted by Gasteiger charge is -2.11. The molecule has 0 aliphatic rings. The number of phenolic OH excluding ortho intramolecular Hbond substituents is 1. The molecule has 1 aromatic carbocycles. The normalized spacial score (nSPS) is 11.0. The van der Waals surface area contributed by atoms with Crippen molar-refractivity contribution < 1.29 is 19.0 Å². The van der Waals surface area contributed by atoms with Crippen LogP contribution >= 0.6 is 0 Å². The summed E-state index contributed by atoms with van der Waals surface area (Å²) in [5, 5.41) is 21.3. The van der Waals surface area contributed by atoms with Gasteiger partial charge in [-0.05, 0) is 18.4 Å². The van der Waals surface area contributed by atoms with E-state index in [4.69, 9.17) is 5.11 Å². The minimum absolute atomic E-state index is 0.0711. The SMILES string of the molecule is CC(C)c1cc(CO)nc(NCCc2c(F)cc(O)cc2F)n1. The average molecular weight is 323 g/mol. The number of hydrogen-bond acceptors (Lipinski definition) is 5. The Morgan fingerprint density at radius 1 is 1.13 bits per heavy atom. The quantitative estimate of drug-likeness (QED) is 0.762. The second-order valence-corrected chi connectivity index (χ2v) is 5.49. The molecule has 124 valence electrons. The summed E-state index contributed by atoms with van der Waals surface area (Å²) in [7, 11) is 0. The maximum atomic E-state index is 13.6. The van der Waals surface area contributed by atoms with Crippen molar-refractivity contribution in [3.63, 3.8) is 0 Å². The van der Waals surface area contributed by atoms with Gasteiger partial charge in [-0.15, -0.1) is 0 Å². The van der Waals surface area contributed by atoms with Crippen LogP contribution in [0.15, 0.2) is 18.2 Å². The van der Waals surface area contributed by atoms with Crippen LogP contribution in [0, 0.1) is 11.6 Å². The Kier molecular flexibility index (Phi) is 5.44. The van der Waals surface area contributed by atoms with Crippen LogP contribution in [0.1, 0.15) is 36.7 Å². The molecule has 5 nitrogen and oxygen atoms in total. The van der Waals surface area contributed by atoms with E-state index in [9.17, 15) is 13.9 Å². The average Bonchev–Trinajstić information content (AvgIpc) is 2.49. The van der Waals surface area contributed by atoms with Gasteiger partial charge in [0, 0.05) is 29.9 Å². The number of aromatic hydroxyl groups is 1. The molecule has 0 saturated heterocycles. The number of aliphatic hydroxyl groups excluding tert-OH is 1. The van der Waals surface area contributed by atoms with E-state index in [1.807, 2.05) is 13.8 Å². The summed E-state index contributed by atoms with van der Waals surface area (Å²) in [4.78, 5) is 8.43. The van der Waals surface area contributed by atoms with Gasteiger partial charge in [0.15, 0.2) is 0 Å². The molecule has 0 unspecified atom stereocenters. The van der Waals surface area contributed by atoms with Crippen LogP contribution in [0.25, 0.3) is 0 Å². The molecule has 0 aliphatic carbocycles. The molecule has 2 aromatic rings. The van der Waals surface area contributed by atoms with E-state index in [-0.39, 0.29) is 31.1 Å². The van der Waals surface area contributed by atoms with Crippen molar-refractivity contribution in [2.45, 2.75) is 32.8 Å². The number of hydrogen-bond donors (Lipinski definition) is 3. The molecule has 2 rings (SSSR count). The highest BCUT2D eigenvalue weighted by atomic mass is 19.1. The third-order valence-corrected chi connectivity index (χ3v) is 3.34. The highest BCUT2D eigenvalue weighted by molar-refractivity contribution is 5.32. The van der Waals surface area contributed by atoms with Crippen LogP contribution in [0.3, 0.4) is 0 Å². The van der Waals surface area contributed by atoms with Crippen molar-refractivity contribution in [1.29, 1.82) is 0 Å². The van der Waals surface area contributed by atoms with Gasteiger partial charge in [0.25, 0.3) is 0 Å². The molecule has 0 amide bonds. The number of rotatable bonds is 6. The number of benzene rings is 1. The van der Waals surface area contributed by atoms with E-state index < -0.39 is 17.4 Å². The zero-order valence-corrected chi connectivity index (χ0v) is 13.0. The summed E-state index contributed by atoms with van der Waals surface area (Å²) in [6.07, 6.45) is 0.0711. The van der Waals surface area contributed by atoms with Crippen LogP contribution < -0.4 is 5.32 Å². The number of nitrogens with one attached hydrogen (secondary N) is 1. The first-order valence-electron chi connectivity index (χ1n) is 7.30. The molecule has 0 fully saturated rings. The second-order valence-electron chi connectivity index (χ2n) is 5.49. The van der Waals surface area contributed by atoms with Crippen molar-refractivity contribution in [2.75, 3.05) is 11.9 Å². The largest absolute Gasteiger partial charge is 0.508 e. The van der Waals surface area contributed by atoms with E-state index in [2.05, 4.69) is 15.3 Å². The van der Waals surface area contributed by atoms with Crippen molar-refractivity contribution in [3.8, 4) is 5.75 Å². The predicted molar refractivity (Wildman–Crippen MR) is 82.3 cm³/mol. The first-order chi connectivity index (χ1) is 10.9. The number of halogens is 2. The molecule has 0 aliphatic heterocycles. The van der Waals surface area contributed by atoms with Gasteiger partial charge in [0.1, 0.15) is 17.4 Å². The van der Waals surface area contributed by atoms with Gasteiger partial charge in [-0.25, -0.2) is 18.7 Å². The van der Waals surface area contributed by atoms with Gasteiger partial charge >= 0.3 is 0 Å². The van der Waals surface area contributed by atoms with E-state index in [0.29, 0.717) is 11.6 Å². The van der Waals surface area contributed by atoms with E-state index >= 15 is 0 Å². The summed E-state index contributed by atoms with van der Waals surface area (Å²) in [6.45, 7) is 3.94. The lowest BCUT2D eigenvalue weighted by molar-refractivity contribution is 0.276. The molecule has 1 aromatic heterocycles. The fourth-order valence-electron chi connectivity index (χ4n) is 2.10. The number of phenols is 1. The van der Waals surface area contributed by atoms with E-state index in [1.54, 1.807) is 6.07 Å². The number of anilines is 1. The van der Waals surface area contributed by atoms with Gasteiger partial charge in [0.05, 0.1) is 12.3 Å². The third-order valence-electron chi connectivity index (χ3n) is 3.34. The first kappa shape index (κ1) is 17.1. The predicted octanol–water partition coefficient (Wildman–Crippen LogP) is 2.73. The van der Waals surface area contributed by atoms with Crippen LogP contribution in [0.4, 0.5) is 14.7 Å². The summed E-state index contributed by atoms with van der Waals surface area (Å²) >= 11 is 0. The highest BCUT2D eigenvalue weighted by Gasteiger charge is 2.12. The molecule has 0 atom stereocenters. The number of aliphatic hydroxyl groups is 1. The van der Waals surface area contributed by atoms with E-state index in [0.717, 1.165) is 17.8 Å². The van der Waals surface area contributed by atoms with Crippen LogP contribution in [-0.2, 0) is 13.0 Å². The summed E-state index contributed by atoms with van der Waals surface area (Å²) in [6, 6.07) is 3.46. The minimum atomic E-state index is -0.794. The molecular formula is C16H19F2N3O2. The van der Waals surface area contributed by atoms with Gasteiger partial charge in [0.2, 0.25) is 5.95 Å². The monoisotopic (exact) mass is 323 g/mol. The van der Waals surface area contributed by atoms with E-state index in [1.165, 1.54) is 0 Å². The Balaban J connectivity index is 2.08. The summed E-state index contributed by atoms with van der Waals surface area (Å²) in [5.74, 6) is -1.57. The Morgan fingerprint density at radius 3 is 2.35 bits per heavy atom. The lowest BCUT2D eigenvalue weighted by Crippen LogP contribution is -2.12. The molecule has 0 spiro atoms. The fourth-order valence-corrected chi connectivity index (χ4v) is 2.10. The van der Waals surface area contributed by atoms with Gasteiger partial charge in [-0.3, -0.25) is 0 Å². The van der Waals surface area contributed by atoms with Crippen molar-refractivity contribution in [1.82, 2.24) is 9.97 Å².